The average molecular weight is 391 g/mol. The number of nitrogens with zero attached hydrogens (tertiary/aromatic N) is 2. The lowest BCUT2D eigenvalue weighted by molar-refractivity contribution is -0.118. The Balaban J connectivity index is 1.41. The van der Waals surface area contributed by atoms with Crippen LogP contribution in [0.1, 0.15) is 49.0 Å². The minimum Gasteiger partial charge on any atom is -0.387 e. The Kier molecular flexibility index (Phi) is 6.12. The second-order valence-corrected chi connectivity index (χ2v) is 8.01. The smallest absolute Gasteiger partial charge is 0.226 e. The molecule has 0 radical (unpaired) electrons. The summed E-state index contributed by atoms with van der Waals surface area (Å²) in [4.78, 5) is 16.4. The maximum Gasteiger partial charge on any atom is 0.226 e. The van der Waals surface area contributed by atoms with Crippen molar-refractivity contribution in [3.05, 3.63) is 71.3 Å². The van der Waals surface area contributed by atoms with E-state index in [0.29, 0.717) is 13.0 Å². The van der Waals surface area contributed by atoms with Crippen molar-refractivity contribution in [3.8, 4) is 0 Å². The summed E-state index contributed by atoms with van der Waals surface area (Å²) in [5.74, 6) is 0.175. The van der Waals surface area contributed by atoms with Crippen molar-refractivity contribution in [2.75, 3.05) is 31.1 Å². The number of fused-ring (bicyclic) bond motifs is 1. The number of amides is 1. The zero-order chi connectivity index (χ0) is 20.2. The molecule has 4 rings (SSSR count). The number of carbonyl (C=O) groups is 1. The van der Waals surface area contributed by atoms with Crippen LogP contribution in [0.4, 0.5) is 5.69 Å². The van der Waals surface area contributed by atoms with Crippen LogP contribution in [0, 0.1) is 0 Å². The topological polar surface area (TPSA) is 43.8 Å². The van der Waals surface area contributed by atoms with Gasteiger partial charge in [-0.05, 0) is 47.6 Å². The zero-order valence-electron chi connectivity index (χ0n) is 17.2. The van der Waals surface area contributed by atoms with Gasteiger partial charge in [-0.15, -0.1) is 0 Å². The third-order valence-corrected chi connectivity index (χ3v) is 6.08. The van der Waals surface area contributed by atoms with Crippen LogP contribution >= 0.6 is 0 Å². The highest BCUT2D eigenvalue weighted by atomic mass is 16.3. The molecule has 4 nitrogen and oxygen atoms in total. The fourth-order valence-electron chi connectivity index (χ4n) is 4.42. The van der Waals surface area contributed by atoms with Crippen LogP contribution in [0.25, 0.3) is 5.57 Å². The standard InChI is InChI=1S/C25H30N2O2/c1-2-25(29)27-14-6-9-21-17-22(10-11-23(21)27)24(28)18-26-15-12-20(13-16-26)19-7-4-3-5-8-19/h3-5,7-8,10-12,17,24,28H,2,6,9,13-16,18H2,1H3/t24-/m0/s1. The number of carbonyl (C=O) groups excluding carboxylic acids is 1. The Morgan fingerprint density at radius 3 is 2.66 bits per heavy atom. The van der Waals surface area contributed by atoms with Crippen LogP contribution in [0.2, 0.25) is 0 Å². The predicted molar refractivity (Wildman–Crippen MR) is 118 cm³/mol. The van der Waals surface area contributed by atoms with Crippen LogP contribution in [0.5, 0.6) is 0 Å². The van der Waals surface area contributed by atoms with Gasteiger partial charge in [0.25, 0.3) is 0 Å². The molecule has 2 aromatic rings. The molecule has 0 spiro atoms. The summed E-state index contributed by atoms with van der Waals surface area (Å²) in [6, 6.07) is 16.6. The molecule has 0 saturated heterocycles. The predicted octanol–water partition coefficient (Wildman–Crippen LogP) is 4.20. The summed E-state index contributed by atoms with van der Waals surface area (Å²) in [5.41, 5.74) is 5.85. The highest BCUT2D eigenvalue weighted by Gasteiger charge is 2.23. The summed E-state index contributed by atoms with van der Waals surface area (Å²) in [6.07, 6.45) is 5.26. The number of benzene rings is 2. The van der Waals surface area contributed by atoms with Gasteiger partial charge >= 0.3 is 0 Å². The largest absolute Gasteiger partial charge is 0.387 e. The van der Waals surface area contributed by atoms with E-state index in [1.807, 2.05) is 30.0 Å². The number of rotatable bonds is 5. The van der Waals surface area contributed by atoms with E-state index in [-0.39, 0.29) is 5.91 Å². The Morgan fingerprint density at radius 2 is 1.93 bits per heavy atom. The lowest BCUT2D eigenvalue weighted by atomic mass is 9.96. The van der Waals surface area contributed by atoms with E-state index in [9.17, 15) is 9.90 Å². The molecule has 0 aromatic heterocycles. The van der Waals surface area contributed by atoms with Gasteiger partial charge in [-0.25, -0.2) is 0 Å². The van der Waals surface area contributed by atoms with Gasteiger partial charge in [-0.3, -0.25) is 9.69 Å². The van der Waals surface area contributed by atoms with E-state index in [4.69, 9.17) is 0 Å². The normalized spacial score (nSPS) is 18.1. The highest BCUT2D eigenvalue weighted by molar-refractivity contribution is 5.94. The fraction of sp³-hybridized carbons (Fsp3) is 0.400. The van der Waals surface area contributed by atoms with Gasteiger partial charge < -0.3 is 10.0 Å². The van der Waals surface area contributed by atoms with E-state index in [1.165, 1.54) is 16.7 Å². The maximum absolute atomic E-state index is 12.2. The molecule has 152 valence electrons. The van der Waals surface area contributed by atoms with E-state index in [0.717, 1.165) is 50.1 Å². The number of β-amino-alcohol motifs (C(OH)–C–C–N with tert-alkyl or cyclic N) is 1. The van der Waals surface area contributed by atoms with Gasteiger partial charge in [0, 0.05) is 38.3 Å². The molecule has 4 heteroatoms. The molecule has 2 aromatic carbocycles. The molecule has 0 aliphatic carbocycles. The van der Waals surface area contributed by atoms with Gasteiger partial charge in [-0.1, -0.05) is 55.5 Å². The maximum atomic E-state index is 12.2. The zero-order valence-corrected chi connectivity index (χ0v) is 17.2. The van der Waals surface area contributed by atoms with Crippen molar-refractivity contribution in [1.29, 1.82) is 0 Å². The van der Waals surface area contributed by atoms with Crippen molar-refractivity contribution >= 4 is 17.2 Å². The van der Waals surface area contributed by atoms with Crippen LogP contribution in [-0.2, 0) is 11.2 Å². The van der Waals surface area contributed by atoms with Crippen LogP contribution in [0.3, 0.4) is 0 Å². The molecule has 1 atom stereocenters. The number of hydrogen-bond acceptors (Lipinski definition) is 3. The first-order valence-electron chi connectivity index (χ1n) is 10.7. The molecular weight excluding hydrogens is 360 g/mol. The third kappa shape index (κ3) is 4.44. The first kappa shape index (κ1) is 19.9. The third-order valence-electron chi connectivity index (χ3n) is 6.08. The van der Waals surface area contributed by atoms with Crippen LogP contribution < -0.4 is 4.90 Å². The first-order valence-corrected chi connectivity index (χ1v) is 10.7. The summed E-state index contributed by atoms with van der Waals surface area (Å²) in [7, 11) is 0. The summed E-state index contributed by atoms with van der Waals surface area (Å²) in [6.45, 7) is 5.16. The number of aryl methyl sites for hydroxylation is 1. The highest BCUT2D eigenvalue weighted by Crippen LogP contribution is 2.31. The molecule has 2 aliphatic rings. The van der Waals surface area contributed by atoms with Crippen molar-refractivity contribution in [3.63, 3.8) is 0 Å². The number of aliphatic hydroxyl groups is 1. The number of aliphatic hydroxyl groups excluding tert-OH is 1. The van der Waals surface area contributed by atoms with E-state index in [1.54, 1.807) is 0 Å². The number of anilines is 1. The SMILES string of the molecule is CCC(=O)N1CCCc2cc([C@@H](O)CN3CC=C(c4ccccc4)CC3)ccc21. The fourth-order valence-corrected chi connectivity index (χ4v) is 4.42. The Labute approximate surface area is 173 Å². The molecule has 0 bridgehead atoms. The van der Waals surface area contributed by atoms with E-state index >= 15 is 0 Å². The second-order valence-electron chi connectivity index (χ2n) is 8.01. The van der Waals surface area contributed by atoms with Crippen molar-refractivity contribution in [2.24, 2.45) is 0 Å². The molecule has 29 heavy (non-hydrogen) atoms. The molecule has 1 amide bonds. The molecule has 2 aliphatic heterocycles. The quantitative estimate of drug-likeness (QED) is 0.832. The monoisotopic (exact) mass is 390 g/mol. The minimum atomic E-state index is -0.510. The van der Waals surface area contributed by atoms with Gasteiger partial charge in [0.1, 0.15) is 0 Å². The van der Waals surface area contributed by atoms with E-state index in [2.05, 4.69) is 41.3 Å². The van der Waals surface area contributed by atoms with Gasteiger partial charge in [0.05, 0.1) is 6.10 Å². The summed E-state index contributed by atoms with van der Waals surface area (Å²) < 4.78 is 0. The molecule has 0 unspecified atom stereocenters. The van der Waals surface area contributed by atoms with E-state index < -0.39 is 6.10 Å². The Hall–Kier alpha value is -2.43. The Morgan fingerprint density at radius 1 is 1.10 bits per heavy atom. The number of hydrogen-bond donors (Lipinski definition) is 1. The molecule has 0 saturated carbocycles. The van der Waals surface area contributed by atoms with Crippen molar-refractivity contribution in [1.82, 2.24) is 4.90 Å². The van der Waals surface area contributed by atoms with Crippen molar-refractivity contribution in [2.45, 2.75) is 38.7 Å². The molecule has 2 heterocycles. The minimum absolute atomic E-state index is 0.175. The van der Waals surface area contributed by atoms with Crippen LogP contribution in [-0.4, -0.2) is 42.1 Å². The molecule has 1 N–H and O–H groups in total. The Bertz CT molecular complexity index is 891. The van der Waals surface area contributed by atoms with Gasteiger partial charge in [0.2, 0.25) is 5.91 Å². The molecule has 0 fully saturated rings. The summed E-state index contributed by atoms with van der Waals surface area (Å²) in [5, 5.41) is 10.8. The lowest BCUT2D eigenvalue weighted by Crippen LogP contribution is -2.35. The van der Waals surface area contributed by atoms with Gasteiger partial charge in [-0.2, -0.15) is 0 Å². The second kappa shape index (κ2) is 8.93. The first-order chi connectivity index (χ1) is 14.2. The van der Waals surface area contributed by atoms with Gasteiger partial charge in [0.15, 0.2) is 0 Å². The average Bonchev–Trinajstić information content (AvgIpc) is 2.78. The van der Waals surface area contributed by atoms with Crippen LogP contribution in [0.15, 0.2) is 54.6 Å². The lowest BCUT2D eigenvalue weighted by Gasteiger charge is -2.31. The molecular formula is C25H30N2O2. The van der Waals surface area contributed by atoms with Crippen molar-refractivity contribution < 1.29 is 9.90 Å². The summed E-state index contributed by atoms with van der Waals surface area (Å²) >= 11 is 0.